The molecule has 0 spiro atoms. The smallest absolute Gasteiger partial charge is 0.248 e. The number of rotatable bonds is 4. The SMILES string of the molecule is O=c1ccc2c(C(O)CN[C@H]3CCc4ccccc43)ccc(O)c2[nH]1. The summed E-state index contributed by atoms with van der Waals surface area (Å²) in [6, 6.07) is 14.9. The van der Waals surface area contributed by atoms with E-state index in [1.165, 1.54) is 23.3 Å². The molecule has 0 bridgehead atoms. The number of aliphatic hydroxyl groups is 1. The van der Waals surface area contributed by atoms with E-state index in [4.69, 9.17) is 0 Å². The van der Waals surface area contributed by atoms with Gasteiger partial charge in [-0.3, -0.25) is 4.79 Å². The molecule has 2 aromatic carbocycles. The van der Waals surface area contributed by atoms with Crippen LogP contribution in [0.2, 0.25) is 0 Å². The molecule has 3 aromatic rings. The zero-order chi connectivity index (χ0) is 17.4. The lowest BCUT2D eigenvalue weighted by Gasteiger charge is -2.19. The molecule has 5 nitrogen and oxygen atoms in total. The van der Waals surface area contributed by atoms with Gasteiger partial charge in [0.15, 0.2) is 0 Å². The molecule has 0 saturated heterocycles. The fourth-order valence-corrected chi connectivity index (χ4v) is 3.68. The van der Waals surface area contributed by atoms with Crippen LogP contribution in [-0.4, -0.2) is 21.7 Å². The van der Waals surface area contributed by atoms with Crippen molar-refractivity contribution in [2.24, 2.45) is 0 Å². The van der Waals surface area contributed by atoms with E-state index in [0.29, 0.717) is 23.0 Å². The summed E-state index contributed by atoms with van der Waals surface area (Å²) in [5, 5.41) is 24.7. The third-order valence-electron chi connectivity index (χ3n) is 4.96. The molecule has 25 heavy (non-hydrogen) atoms. The zero-order valence-corrected chi connectivity index (χ0v) is 13.7. The van der Waals surface area contributed by atoms with E-state index >= 15 is 0 Å². The van der Waals surface area contributed by atoms with Crippen molar-refractivity contribution in [1.29, 1.82) is 0 Å². The quantitative estimate of drug-likeness (QED) is 0.590. The average Bonchev–Trinajstić information content (AvgIpc) is 3.04. The number of pyridine rings is 1. The summed E-state index contributed by atoms with van der Waals surface area (Å²) < 4.78 is 0. The highest BCUT2D eigenvalue weighted by Crippen LogP contribution is 2.32. The highest BCUT2D eigenvalue weighted by molar-refractivity contribution is 5.87. The number of nitrogens with one attached hydrogen (secondary N) is 2. The molecule has 0 radical (unpaired) electrons. The number of hydrogen-bond acceptors (Lipinski definition) is 4. The van der Waals surface area contributed by atoms with Crippen molar-refractivity contribution >= 4 is 10.9 Å². The minimum absolute atomic E-state index is 0.00123. The lowest BCUT2D eigenvalue weighted by molar-refractivity contribution is 0.171. The van der Waals surface area contributed by atoms with Crippen LogP contribution in [0.1, 0.15) is 35.3 Å². The molecule has 2 atom stereocenters. The maximum Gasteiger partial charge on any atom is 0.248 e. The van der Waals surface area contributed by atoms with Gasteiger partial charge in [0.05, 0.1) is 11.6 Å². The monoisotopic (exact) mass is 336 g/mol. The van der Waals surface area contributed by atoms with Crippen LogP contribution >= 0.6 is 0 Å². The fraction of sp³-hybridized carbons (Fsp3) is 0.250. The second-order valence-corrected chi connectivity index (χ2v) is 6.50. The second-order valence-electron chi connectivity index (χ2n) is 6.50. The number of aromatic nitrogens is 1. The van der Waals surface area contributed by atoms with Gasteiger partial charge in [-0.1, -0.05) is 30.3 Å². The van der Waals surface area contributed by atoms with Gasteiger partial charge in [0.1, 0.15) is 5.75 Å². The highest BCUT2D eigenvalue weighted by Gasteiger charge is 2.23. The van der Waals surface area contributed by atoms with Crippen molar-refractivity contribution in [1.82, 2.24) is 10.3 Å². The summed E-state index contributed by atoms with van der Waals surface area (Å²) in [5.74, 6) is 0.00123. The first-order valence-electron chi connectivity index (χ1n) is 8.47. The van der Waals surface area contributed by atoms with Crippen LogP contribution in [0.15, 0.2) is 53.3 Å². The Morgan fingerprint density at radius 3 is 2.88 bits per heavy atom. The van der Waals surface area contributed by atoms with E-state index in [0.717, 1.165) is 12.8 Å². The Balaban J connectivity index is 1.56. The van der Waals surface area contributed by atoms with Crippen LogP contribution in [0.25, 0.3) is 10.9 Å². The van der Waals surface area contributed by atoms with Gasteiger partial charge in [0, 0.05) is 24.0 Å². The van der Waals surface area contributed by atoms with E-state index in [-0.39, 0.29) is 17.4 Å². The number of fused-ring (bicyclic) bond motifs is 2. The predicted molar refractivity (Wildman–Crippen MR) is 96.7 cm³/mol. The Morgan fingerprint density at radius 1 is 1.16 bits per heavy atom. The maximum absolute atomic E-state index is 11.5. The van der Waals surface area contributed by atoms with Crippen LogP contribution in [0.5, 0.6) is 5.75 Å². The molecule has 0 aliphatic heterocycles. The van der Waals surface area contributed by atoms with Crippen molar-refractivity contribution in [2.45, 2.75) is 25.0 Å². The minimum atomic E-state index is -0.734. The predicted octanol–water partition coefficient (Wildman–Crippen LogP) is 2.54. The Labute approximate surface area is 145 Å². The molecule has 1 unspecified atom stereocenters. The fourth-order valence-electron chi connectivity index (χ4n) is 3.68. The standard InChI is InChI=1S/C20H20N2O3/c23-17-9-6-14(15-7-10-19(25)22-20(15)17)18(24)11-21-16-8-5-12-3-1-2-4-13(12)16/h1-4,6-7,9-10,16,18,21,23-24H,5,8,11H2,(H,22,25)/t16-,18?/m0/s1. The number of aromatic amines is 1. The summed E-state index contributed by atoms with van der Waals surface area (Å²) in [4.78, 5) is 14.1. The Morgan fingerprint density at radius 2 is 2.00 bits per heavy atom. The molecule has 0 fully saturated rings. The normalized spacial score (nSPS) is 17.6. The topological polar surface area (TPSA) is 85.3 Å². The Bertz CT molecular complexity index is 980. The summed E-state index contributed by atoms with van der Waals surface area (Å²) in [6.07, 6.45) is 1.34. The maximum atomic E-state index is 11.5. The van der Waals surface area contributed by atoms with Crippen molar-refractivity contribution < 1.29 is 10.2 Å². The molecule has 0 amide bonds. The van der Waals surface area contributed by atoms with Gasteiger partial charge < -0.3 is 20.5 Å². The van der Waals surface area contributed by atoms with E-state index in [1.807, 2.05) is 6.07 Å². The van der Waals surface area contributed by atoms with E-state index in [2.05, 4.69) is 28.5 Å². The molecule has 1 aromatic heterocycles. The highest BCUT2D eigenvalue weighted by atomic mass is 16.3. The molecule has 4 N–H and O–H groups in total. The van der Waals surface area contributed by atoms with Crippen molar-refractivity contribution in [3.8, 4) is 5.75 Å². The number of phenols is 1. The van der Waals surface area contributed by atoms with Crippen LogP contribution in [-0.2, 0) is 6.42 Å². The summed E-state index contributed by atoms with van der Waals surface area (Å²) in [7, 11) is 0. The first-order valence-corrected chi connectivity index (χ1v) is 8.47. The van der Waals surface area contributed by atoms with Crippen molar-refractivity contribution in [2.75, 3.05) is 6.54 Å². The number of hydrogen-bond donors (Lipinski definition) is 4. The molecule has 1 heterocycles. The number of aryl methyl sites for hydroxylation is 1. The van der Waals surface area contributed by atoms with E-state index < -0.39 is 6.10 Å². The molecule has 128 valence electrons. The van der Waals surface area contributed by atoms with Gasteiger partial charge in [0.25, 0.3) is 0 Å². The van der Waals surface area contributed by atoms with Crippen LogP contribution < -0.4 is 10.9 Å². The lowest BCUT2D eigenvalue weighted by Crippen LogP contribution is -2.25. The first kappa shape index (κ1) is 15.9. The van der Waals surface area contributed by atoms with Gasteiger partial charge in [-0.2, -0.15) is 0 Å². The molecular weight excluding hydrogens is 316 g/mol. The first-order chi connectivity index (χ1) is 12.1. The minimum Gasteiger partial charge on any atom is -0.506 e. The zero-order valence-electron chi connectivity index (χ0n) is 13.7. The van der Waals surface area contributed by atoms with Gasteiger partial charge in [-0.25, -0.2) is 0 Å². The Kier molecular flexibility index (Phi) is 4.03. The molecule has 1 aliphatic rings. The summed E-state index contributed by atoms with van der Waals surface area (Å²) >= 11 is 0. The Hall–Kier alpha value is -2.63. The van der Waals surface area contributed by atoms with Crippen LogP contribution in [0, 0.1) is 0 Å². The van der Waals surface area contributed by atoms with Gasteiger partial charge in [-0.15, -0.1) is 0 Å². The van der Waals surface area contributed by atoms with Crippen LogP contribution in [0.4, 0.5) is 0 Å². The number of aromatic hydroxyl groups is 1. The van der Waals surface area contributed by atoms with E-state index in [9.17, 15) is 15.0 Å². The molecule has 0 saturated carbocycles. The number of aliphatic hydroxyl groups excluding tert-OH is 1. The number of benzene rings is 2. The van der Waals surface area contributed by atoms with Gasteiger partial charge in [-0.05, 0) is 41.7 Å². The molecule has 4 rings (SSSR count). The average molecular weight is 336 g/mol. The third-order valence-corrected chi connectivity index (χ3v) is 4.96. The van der Waals surface area contributed by atoms with Gasteiger partial charge in [0.2, 0.25) is 5.56 Å². The van der Waals surface area contributed by atoms with Crippen molar-refractivity contribution in [3.63, 3.8) is 0 Å². The molecule has 1 aliphatic carbocycles. The molecule has 5 heteroatoms. The second kappa shape index (κ2) is 6.35. The third kappa shape index (κ3) is 2.92. The lowest BCUT2D eigenvalue weighted by atomic mass is 10.0. The summed E-state index contributed by atoms with van der Waals surface area (Å²) in [6.45, 7) is 0.401. The number of phenolic OH excluding ortho intramolecular Hbond substituents is 1. The van der Waals surface area contributed by atoms with E-state index in [1.54, 1.807) is 12.1 Å². The number of H-pyrrole nitrogens is 1. The van der Waals surface area contributed by atoms with Crippen LogP contribution in [0.3, 0.4) is 0 Å². The van der Waals surface area contributed by atoms with Crippen molar-refractivity contribution in [3.05, 3.63) is 75.6 Å². The molecular formula is C20H20N2O3. The summed E-state index contributed by atoms with van der Waals surface area (Å²) in [5.41, 5.74) is 3.42. The largest absolute Gasteiger partial charge is 0.506 e. The van der Waals surface area contributed by atoms with Gasteiger partial charge >= 0.3 is 0 Å².